The largest absolute Gasteiger partial charge is 0.394 e. The molecule has 0 saturated carbocycles. The van der Waals surface area contributed by atoms with E-state index in [1.165, 1.54) is 12.1 Å². The molecular weight excluding hydrogens is 225 g/mol. The van der Waals surface area contributed by atoms with Crippen molar-refractivity contribution in [2.75, 3.05) is 6.61 Å². The third-order valence-corrected chi connectivity index (χ3v) is 3.34. The van der Waals surface area contributed by atoms with E-state index in [2.05, 4.69) is 0 Å². The van der Waals surface area contributed by atoms with Crippen molar-refractivity contribution in [1.82, 2.24) is 0 Å². The van der Waals surface area contributed by atoms with E-state index in [9.17, 15) is 4.39 Å². The second-order valence-electron chi connectivity index (χ2n) is 4.40. The first-order chi connectivity index (χ1) is 7.43. The Morgan fingerprint density at radius 1 is 1.56 bits per heavy atom. The molecule has 0 aliphatic rings. The van der Waals surface area contributed by atoms with Crippen molar-refractivity contribution >= 4 is 11.8 Å². The Bertz CT molecular complexity index is 344. The molecule has 0 heterocycles. The van der Waals surface area contributed by atoms with E-state index in [1.54, 1.807) is 17.8 Å². The van der Waals surface area contributed by atoms with Gasteiger partial charge in [-0.1, -0.05) is 13.0 Å². The van der Waals surface area contributed by atoms with Gasteiger partial charge in [-0.05, 0) is 31.5 Å². The van der Waals surface area contributed by atoms with Crippen molar-refractivity contribution in [1.29, 1.82) is 0 Å². The number of nitrogens with two attached hydrogens (primary N) is 1. The number of hydrogen-bond acceptors (Lipinski definition) is 3. The van der Waals surface area contributed by atoms with E-state index in [1.807, 2.05) is 19.9 Å². The molecule has 2 nitrogen and oxygen atoms in total. The molecule has 0 fully saturated rings. The van der Waals surface area contributed by atoms with Crippen molar-refractivity contribution in [2.45, 2.75) is 36.0 Å². The second-order valence-corrected chi connectivity index (χ2v) is 5.91. The number of rotatable bonds is 5. The van der Waals surface area contributed by atoms with E-state index >= 15 is 0 Å². The molecule has 2 atom stereocenters. The van der Waals surface area contributed by atoms with E-state index in [-0.39, 0.29) is 17.7 Å². The van der Waals surface area contributed by atoms with Gasteiger partial charge in [-0.15, -0.1) is 11.8 Å². The normalized spacial score (nSPS) is 16.8. The summed E-state index contributed by atoms with van der Waals surface area (Å²) in [6, 6.07) is 6.50. The Kier molecular flexibility index (Phi) is 4.77. The van der Waals surface area contributed by atoms with Gasteiger partial charge in [0.2, 0.25) is 0 Å². The maximum absolute atomic E-state index is 12.9. The zero-order valence-corrected chi connectivity index (χ0v) is 10.4. The number of benzene rings is 1. The van der Waals surface area contributed by atoms with Crippen LogP contribution in [0.15, 0.2) is 29.2 Å². The summed E-state index contributed by atoms with van der Waals surface area (Å²) in [4.78, 5) is 0.890. The fraction of sp³-hybridized carbons (Fsp3) is 0.500. The summed E-state index contributed by atoms with van der Waals surface area (Å²) in [5, 5.41) is 9.30. The smallest absolute Gasteiger partial charge is 0.124 e. The Hall–Kier alpha value is -0.580. The first-order valence-electron chi connectivity index (χ1n) is 5.25. The highest BCUT2D eigenvalue weighted by atomic mass is 32.2. The third-order valence-electron chi connectivity index (χ3n) is 2.25. The van der Waals surface area contributed by atoms with Crippen LogP contribution in [0, 0.1) is 5.82 Å². The number of aliphatic hydroxyl groups excluding tert-OH is 1. The zero-order chi connectivity index (χ0) is 12.2. The Morgan fingerprint density at radius 2 is 2.25 bits per heavy atom. The molecule has 2 unspecified atom stereocenters. The molecule has 0 aliphatic heterocycles. The maximum atomic E-state index is 12.9. The SMILES string of the molecule is CC(CC(C)(N)CO)Sc1cccc(F)c1. The highest BCUT2D eigenvalue weighted by molar-refractivity contribution is 7.99. The summed E-state index contributed by atoms with van der Waals surface area (Å²) in [5.41, 5.74) is 5.29. The molecule has 16 heavy (non-hydrogen) atoms. The van der Waals surface area contributed by atoms with Gasteiger partial charge in [0.15, 0.2) is 0 Å². The van der Waals surface area contributed by atoms with Crippen LogP contribution in [-0.2, 0) is 0 Å². The van der Waals surface area contributed by atoms with Gasteiger partial charge in [0.1, 0.15) is 5.82 Å². The van der Waals surface area contributed by atoms with Crippen LogP contribution >= 0.6 is 11.8 Å². The number of hydrogen-bond donors (Lipinski definition) is 2. The molecule has 0 amide bonds. The molecule has 0 saturated heterocycles. The predicted octanol–water partition coefficient (Wildman–Crippen LogP) is 2.41. The monoisotopic (exact) mass is 243 g/mol. The maximum Gasteiger partial charge on any atom is 0.124 e. The highest BCUT2D eigenvalue weighted by Gasteiger charge is 2.21. The molecule has 0 aliphatic carbocycles. The van der Waals surface area contributed by atoms with Gasteiger partial charge < -0.3 is 10.8 Å². The first kappa shape index (κ1) is 13.5. The Balaban J connectivity index is 2.55. The average molecular weight is 243 g/mol. The van der Waals surface area contributed by atoms with Gasteiger partial charge >= 0.3 is 0 Å². The van der Waals surface area contributed by atoms with Gasteiger partial charge in [-0.2, -0.15) is 0 Å². The summed E-state index contributed by atoms with van der Waals surface area (Å²) >= 11 is 1.57. The fourth-order valence-electron chi connectivity index (χ4n) is 1.54. The van der Waals surface area contributed by atoms with Gasteiger partial charge in [-0.25, -0.2) is 4.39 Å². The van der Waals surface area contributed by atoms with Gasteiger partial charge in [0.25, 0.3) is 0 Å². The van der Waals surface area contributed by atoms with Crippen molar-refractivity contribution in [3.05, 3.63) is 30.1 Å². The molecule has 1 aromatic carbocycles. The molecule has 0 aromatic heterocycles. The molecule has 90 valence electrons. The molecular formula is C12H18FNOS. The third kappa shape index (κ3) is 4.51. The highest BCUT2D eigenvalue weighted by Crippen LogP contribution is 2.28. The van der Waals surface area contributed by atoms with E-state index in [0.29, 0.717) is 6.42 Å². The van der Waals surface area contributed by atoms with Crippen LogP contribution in [0.3, 0.4) is 0 Å². The molecule has 0 radical (unpaired) electrons. The zero-order valence-electron chi connectivity index (χ0n) is 9.61. The minimum absolute atomic E-state index is 0.0406. The van der Waals surface area contributed by atoms with Crippen LogP contribution in [0.5, 0.6) is 0 Å². The van der Waals surface area contributed by atoms with E-state index in [0.717, 1.165) is 4.90 Å². The van der Waals surface area contributed by atoms with Crippen molar-refractivity contribution in [3.63, 3.8) is 0 Å². The standard InChI is InChI=1S/C12H18FNOS/c1-9(7-12(2,14)8-15)16-11-5-3-4-10(13)6-11/h3-6,9,15H,7-8,14H2,1-2H3. The second kappa shape index (κ2) is 5.66. The van der Waals surface area contributed by atoms with E-state index in [4.69, 9.17) is 10.8 Å². The molecule has 1 aromatic rings. The number of halogens is 1. The molecule has 3 N–H and O–H groups in total. The summed E-state index contributed by atoms with van der Waals surface area (Å²) in [6.45, 7) is 3.80. The fourth-order valence-corrected chi connectivity index (χ4v) is 2.80. The predicted molar refractivity (Wildman–Crippen MR) is 66.0 cm³/mol. The quantitative estimate of drug-likeness (QED) is 0.781. The topological polar surface area (TPSA) is 46.2 Å². The van der Waals surface area contributed by atoms with Crippen molar-refractivity contribution in [3.8, 4) is 0 Å². The van der Waals surface area contributed by atoms with E-state index < -0.39 is 5.54 Å². The first-order valence-corrected chi connectivity index (χ1v) is 6.13. The summed E-state index contributed by atoms with van der Waals surface area (Å²) in [7, 11) is 0. The minimum Gasteiger partial charge on any atom is -0.394 e. The lowest BCUT2D eigenvalue weighted by Crippen LogP contribution is -2.42. The lowest BCUT2D eigenvalue weighted by atomic mass is 9.99. The summed E-state index contributed by atoms with van der Waals surface area (Å²) in [6.07, 6.45) is 0.685. The van der Waals surface area contributed by atoms with Crippen LogP contribution in [0.25, 0.3) is 0 Å². The lowest BCUT2D eigenvalue weighted by molar-refractivity contribution is 0.201. The van der Waals surface area contributed by atoms with Crippen LogP contribution in [0.2, 0.25) is 0 Å². The van der Waals surface area contributed by atoms with Gasteiger partial charge in [0.05, 0.1) is 6.61 Å². The van der Waals surface area contributed by atoms with Crippen molar-refractivity contribution in [2.24, 2.45) is 5.73 Å². The minimum atomic E-state index is -0.570. The lowest BCUT2D eigenvalue weighted by Gasteiger charge is -2.25. The summed E-state index contributed by atoms with van der Waals surface area (Å²) in [5.74, 6) is -0.227. The summed E-state index contributed by atoms with van der Waals surface area (Å²) < 4.78 is 12.9. The number of thioether (sulfide) groups is 1. The average Bonchev–Trinajstić information content (AvgIpc) is 2.16. The van der Waals surface area contributed by atoms with Crippen LogP contribution in [0.1, 0.15) is 20.3 Å². The van der Waals surface area contributed by atoms with Gasteiger partial charge in [-0.3, -0.25) is 0 Å². The molecule has 0 bridgehead atoms. The molecule has 0 spiro atoms. The van der Waals surface area contributed by atoms with Crippen molar-refractivity contribution < 1.29 is 9.50 Å². The van der Waals surface area contributed by atoms with Crippen LogP contribution < -0.4 is 5.73 Å². The Labute approximate surface area is 100 Å². The molecule has 4 heteroatoms. The Morgan fingerprint density at radius 3 is 2.81 bits per heavy atom. The number of aliphatic hydroxyl groups is 1. The van der Waals surface area contributed by atoms with Gasteiger partial charge in [0, 0.05) is 15.7 Å². The van der Waals surface area contributed by atoms with Crippen LogP contribution in [0.4, 0.5) is 4.39 Å². The van der Waals surface area contributed by atoms with Crippen LogP contribution in [-0.4, -0.2) is 22.5 Å². The molecule has 1 rings (SSSR count).